The van der Waals surface area contributed by atoms with Gasteiger partial charge >= 0.3 is 29.8 Å². The van der Waals surface area contributed by atoms with Gasteiger partial charge in [-0.3, -0.25) is 19.3 Å². The van der Waals surface area contributed by atoms with E-state index in [-0.39, 0.29) is 13.1 Å². The molecule has 0 aromatic carbocycles. The van der Waals surface area contributed by atoms with Gasteiger partial charge < -0.3 is 25.2 Å². The zero-order valence-corrected chi connectivity index (χ0v) is 15.1. The molecule has 0 spiro atoms. The normalized spacial score (nSPS) is 12.5. The van der Waals surface area contributed by atoms with Crippen LogP contribution in [0.4, 0.5) is 0 Å². The Kier molecular flexibility index (Phi) is 11.5. The molecule has 0 aliphatic carbocycles. The number of nitrogens with zero attached hydrogens (tertiary/aromatic N) is 2. The van der Waals surface area contributed by atoms with Gasteiger partial charge in [-0.2, -0.15) is 0 Å². The Balaban J connectivity index is 5.31. The van der Waals surface area contributed by atoms with E-state index in [4.69, 9.17) is 20.1 Å². The zero-order valence-electron chi connectivity index (χ0n) is 15.1. The SMILES string of the molecule is C/C=C/C=C/C(=O)OC(C(=O)O)N(CCN(CC(=O)O)CC(=O)O)CC(=O)O. The van der Waals surface area contributed by atoms with Crippen LogP contribution in [0.5, 0.6) is 0 Å². The topological polar surface area (TPSA) is 182 Å². The minimum absolute atomic E-state index is 0.290. The standard InChI is InChI=1S/C16H22N2O10/c1-2-3-4-5-14(25)28-15(16(26)27)18(10-13(23)24)7-6-17(8-11(19)20)9-12(21)22/h2-5,15H,6-10H2,1H3,(H,19,20)(H,21,22)(H,23,24)(H,26,27)/b3-2+,5-4+. The Morgan fingerprint density at radius 1 is 0.857 bits per heavy atom. The zero-order chi connectivity index (χ0) is 21.7. The van der Waals surface area contributed by atoms with Gasteiger partial charge in [0, 0.05) is 19.2 Å². The highest BCUT2D eigenvalue weighted by molar-refractivity contribution is 5.85. The first-order valence-corrected chi connectivity index (χ1v) is 7.91. The lowest BCUT2D eigenvalue weighted by Gasteiger charge is -2.28. The molecule has 12 heteroatoms. The molecule has 12 nitrogen and oxygen atoms in total. The summed E-state index contributed by atoms with van der Waals surface area (Å²) < 4.78 is 4.77. The number of carboxylic acids is 4. The first-order valence-electron chi connectivity index (χ1n) is 7.91. The lowest BCUT2D eigenvalue weighted by Crippen LogP contribution is -2.50. The summed E-state index contributed by atoms with van der Waals surface area (Å²) in [4.78, 5) is 57.5. The summed E-state index contributed by atoms with van der Waals surface area (Å²) in [5.74, 6) is -6.73. The summed E-state index contributed by atoms with van der Waals surface area (Å²) in [7, 11) is 0. The van der Waals surface area contributed by atoms with E-state index >= 15 is 0 Å². The van der Waals surface area contributed by atoms with Gasteiger partial charge in [0.15, 0.2) is 0 Å². The van der Waals surface area contributed by atoms with Crippen molar-refractivity contribution in [2.75, 3.05) is 32.7 Å². The van der Waals surface area contributed by atoms with E-state index in [1.54, 1.807) is 13.0 Å². The third kappa shape index (κ3) is 11.4. The summed E-state index contributed by atoms with van der Waals surface area (Å²) in [6, 6.07) is 0. The smallest absolute Gasteiger partial charge is 0.361 e. The second kappa shape index (κ2) is 13.0. The highest BCUT2D eigenvalue weighted by Crippen LogP contribution is 2.05. The molecule has 0 aromatic heterocycles. The van der Waals surface area contributed by atoms with Crippen LogP contribution in [-0.2, 0) is 28.7 Å². The van der Waals surface area contributed by atoms with Crippen LogP contribution in [0.1, 0.15) is 6.92 Å². The molecular weight excluding hydrogens is 380 g/mol. The first-order chi connectivity index (χ1) is 13.1. The van der Waals surface area contributed by atoms with E-state index in [0.29, 0.717) is 0 Å². The highest BCUT2D eigenvalue weighted by Gasteiger charge is 2.31. The molecule has 1 unspecified atom stereocenters. The molecule has 4 N–H and O–H groups in total. The minimum atomic E-state index is -1.96. The maximum atomic E-state index is 11.7. The van der Waals surface area contributed by atoms with Crippen molar-refractivity contribution in [1.82, 2.24) is 9.80 Å². The molecule has 0 fully saturated rings. The summed E-state index contributed by atoms with van der Waals surface area (Å²) in [6.07, 6.45) is 3.37. The third-order valence-electron chi connectivity index (χ3n) is 3.07. The maximum Gasteiger partial charge on any atom is 0.361 e. The van der Waals surface area contributed by atoms with Gasteiger partial charge in [-0.25, -0.2) is 14.5 Å². The van der Waals surface area contributed by atoms with E-state index < -0.39 is 55.7 Å². The molecule has 0 amide bonds. The van der Waals surface area contributed by atoms with Crippen LogP contribution >= 0.6 is 0 Å². The van der Waals surface area contributed by atoms with Crippen LogP contribution in [0.15, 0.2) is 24.3 Å². The van der Waals surface area contributed by atoms with Crippen molar-refractivity contribution in [1.29, 1.82) is 0 Å². The highest BCUT2D eigenvalue weighted by atomic mass is 16.6. The molecule has 0 aliphatic heterocycles. The molecule has 0 rings (SSSR count). The van der Waals surface area contributed by atoms with Crippen molar-refractivity contribution < 1.29 is 49.1 Å². The molecule has 28 heavy (non-hydrogen) atoms. The van der Waals surface area contributed by atoms with E-state index in [9.17, 15) is 29.1 Å². The molecule has 0 saturated carbocycles. The lowest BCUT2D eigenvalue weighted by molar-refractivity contribution is -0.176. The number of aliphatic carboxylic acids is 4. The van der Waals surface area contributed by atoms with Gasteiger partial charge in [-0.05, 0) is 6.92 Å². The molecule has 156 valence electrons. The number of ether oxygens (including phenoxy) is 1. The van der Waals surface area contributed by atoms with E-state index in [1.165, 1.54) is 12.2 Å². The first kappa shape index (κ1) is 24.8. The van der Waals surface area contributed by atoms with E-state index in [2.05, 4.69) is 0 Å². The average molecular weight is 402 g/mol. The Morgan fingerprint density at radius 2 is 1.39 bits per heavy atom. The number of carboxylic acid groups (broad SMARTS) is 4. The third-order valence-corrected chi connectivity index (χ3v) is 3.07. The van der Waals surface area contributed by atoms with Crippen LogP contribution in [-0.4, -0.2) is 99.0 Å². The number of carbonyl (C=O) groups is 5. The number of hydrogen-bond acceptors (Lipinski definition) is 8. The molecule has 0 aliphatic rings. The number of esters is 1. The van der Waals surface area contributed by atoms with Gasteiger partial charge in [-0.15, -0.1) is 0 Å². The fraction of sp³-hybridized carbons (Fsp3) is 0.438. The predicted octanol–water partition coefficient (Wildman–Crippen LogP) is -1.07. The van der Waals surface area contributed by atoms with Crippen molar-refractivity contribution in [2.45, 2.75) is 13.2 Å². The fourth-order valence-electron chi connectivity index (χ4n) is 2.00. The summed E-state index contributed by atoms with van der Waals surface area (Å²) in [5, 5.41) is 35.9. The molecule has 0 aromatic rings. The van der Waals surface area contributed by atoms with Gasteiger partial charge in [0.1, 0.15) is 6.54 Å². The number of carbonyl (C=O) groups excluding carboxylic acids is 1. The van der Waals surface area contributed by atoms with Gasteiger partial charge in [0.25, 0.3) is 6.23 Å². The predicted molar refractivity (Wildman–Crippen MR) is 92.4 cm³/mol. The Morgan fingerprint density at radius 3 is 1.82 bits per heavy atom. The molecule has 0 bridgehead atoms. The summed E-state index contributed by atoms with van der Waals surface area (Å²) in [6.45, 7) is -1.13. The Bertz CT molecular complexity index is 627. The average Bonchev–Trinajstić information content (AvgIpc) is 2.55. The van der Waals surface area contributed by atoms with Crippen LogP contribution in [0.3, 0.4) is 0 Å². The van der Waals surface area contributed by atoms with Gasteiger partial charge in [-0.1, -0.05) is 18.2 Å². The van der Waals surface area contributed by atoms with Crippen LogP contribution in [0.2, 0.25) is 0 Å². The van der Waals surface area contributed by atoms with Crippen molar-refractivity contribution in [3.05, 3.63) is 24.3 Å². The molecule has 0 radical (unpaired) electrons. The van der Waals surface area contributed by atoms with Crippen molar-refractivity contribution in [3.8, 4) is 0 Å². The minimum Gasteiger partial charge on any atom is -0.480 e. The Labute approximate surface area is 159 Å². The second-order valence-corrected chi connectivity index (χ2v) is 5.37. The number of allylic oxidation sites excluding steroid dienone is 3. The lowest BCUT2D eigenvalue weighted by atomic mass is 10.3. The monoisotopic (exact) mass is 402 g/mol. The van der Waals surface area contributed by atoms with E-state index in [0.717, 1.165) is 15.9 Å². The molecule has 1 atom stereocenters. The van der Waals surface area contributed by atoms with Crippen LogP contribution in [0.25, 0.3) is 0 Å². The van der Waals surface area contributed by atoms with Crippen LogP contribution in [0, 0.1) is 0 Å². The van der Waals surface area contributed by atoms with Crippen LogP contribution < -0.4 is 0 Å². The number of rotatable bonds is 14. The maximum absolute atomic E-state index is 11.7. The quantitative estimate of drug-likeness (QED) is 0.120. The largest absolute Gasteiger partial charge is 0.480 e. The van der Waals surface area contributed by atoms with Gasteiger partial charge in [0.2, 0.25) is 0 Å². The van der Waals surface area contributed by atoms with Crippen molar-refractivity contribution in [2.24, 2.45) is 0 Å². The van der Waals surface area contributed by atoms with Crippen molar-refractivity contribution in [3.63, 3.8) is 0 Å². The second-order valence-electron chi connectivity index (χ2n) is 5.37. The molecule has 0 saturated heterocycles. The molecule has 0 heterocycles. The molecular formula is C16H22N2O10. The Hall–Kier alpha value is -3.25. The van der Waals surface area contributed by atoms with Gasteiger partial charge in [0.05, 0.1) is 13.1 Å². The summed E-state index contributed by atoms with van der Waals surface area (Å²) in [5.41, 5.74) is 0. The van der Waals surface area contributed by atoms with Crippen molar-refractivity contribution >= 4 is 29.8 Å². The number of hydrogen-bond donors (Lipinski definition) is 4. The summed E-state index contributed by atoms with van der Waals surface area (Å²) >= 11 is 0. The fourth-order valence-corrected chi connectivity index (χ4v) is 2.00. The van der Waals surface area contributed by atoms with E-state index in [1.807, 2.05) is 0 Å².